The molecule has 0 radical (unpaired) electrons. The normalized spacial score (nSPS) is 13.4. The van der Waals surface area contributed by atoms with Gasteiger partial charge in [0.05, 0.1) is 22.1 Å². The Bertz CT molecular complexity index is 2420. The van der Waals surface area contributed by atoms with Crippen LogP contribution in [0.1, 0.15) is 22.3 Å². The molecule has 1 aromatic heterocycles. The van der Waals surface area contributed by atoms with Gasteiger partial charge in [-0.1, -0.05) is 152 Å². The van der Waals surface area contributed by atoms with Crippen LogP contribution in [0.2, 0.25) is 0 Å². The van der Waals surface area contributed by atoms with Crippen molar-refractivity contribution in [1.82, 2.24) is 9.55 Å². The van der Waals surface area contributed by atoms with Gasteiger partial charge < -0.3 is 0 Å². The summed E-state index contributed by atoms with van der Waals surface area (Å²) in [5, 5.41) is 0. The van der Waals surface area contributed by atoms with Gasteiger partial charge in [-0.25, -0.2) is 4.98 Å². The smallest absolute Gasteiger partial charge is 0.145 e. The van der Waals surface area contributed by atoms with Crippen LogP contribution in [0.4, 0.5) is 0 Å². The molecule has 0 amide bonds. The zero-order valence-electron chi connectivity index (χ0n) is 25.1. The molecule has 8 aromatic rings. The topological polar surface area (TPSA) is 17.8 Å². The zero-order valence-corrected chi connectivity index (χ0v) is 25.1. The summed E-state index contributed by atoms with van der Waals surface area (Å²) in [6, 6.07) is 61.8. The van der Waals surface area contributed by atoms with E-state index in [1.807, 2.05) is 0 Å². The number of rotatable bonds is 4. The molecule has 0 saturated heterocycles. The highest BCUT2D eigenvalue weighted by Crippen LogP contribution is 2.61. The summed E-state index contributed by atoms with van der Waals surface area (Å²) >= 11 is 0. The Labute approximate surface area is 267 Å². The number of benzene rings is 7. The molecule has 0 fully saturated rings. The lowest BCUT2D eigenvalue weighted by atomic mass is 9.67. The van der Waals surface area contributed by atoms with Crippen LogP contribution in [0.3, 0.4) is 0 Å². The van der Waals surface area contributed by atoms with E-state index < -0.39 is 5.41 Å². The summed E-state index contributed by atoms with van der Waals surface area (Å²) < 4.78 is 2.43. The Balaban J connectivity index is 1.37. The van der Waals surface area contributed by atoms with Crippen LogP contribution in [-0.4, -0.2) is 9.55 Å². The quantitative estimate of drug-likeness (QED) is 0.201. The van der Waals surface area contributed by atoms with Gasteiger partial charge in [0.1, 0.15) is 5.82 Å². The molecule has 2 aliphatic rings. The van der Waals surface area contributed by atoms with Crippen LogP contribution in [0.25, 0.3) is 61.5 Å². The van der Waals surface area contributed by atoms with E-state index in [9.17, 15) is 0 Å². The molecular formula is C44H28N2. The number of para-hydroxylation sites is 1. The van der Waals surface area contributed by atoms with Crippen molar-refractivity contribution in [3.05, 3.63) is 192 Å². The Morgan fingerprint density at radius 2 is 1.02 bits per heavy atom. The molecule has 0 unspecified atom stereocenters. The monoisotopic (exact) mass is 584 g/mol. The van der Waals surface area contributed by atoms with Crippen molar-refractivity contribution in [3.8, 4) is 50.5 Å². The molecule has 0 bridgehead atoms. The predicted molar refractivity (Wildman–Crippen MR) is 188 cm³/mol. The maximum Gasteiger partial charge on any atom is 0.145 e. The third-order valence-corrected chi connectivity index (χ3v) is 10.0. The first kappa shape index (κ1) is 25.3. The molecule has 7 aromatic carbocycles. The second-order valence-corrected chi connectivity index (χ2v) is 12.3. The predicted octanol–water partition coefficient (Wildman–Crippen LogP) is 10.7. The molecule has 0 N–H and O–H groups in total. The first-order valence-electron chi connectivity index (χ1n) is 15.9. The van der Waals surface area contributed by atoms with Crippen LogP contribution < -0.4 is 0 Å². The summed E-state index contributed by atoms with van der Waals surface area (Å²) in [6.07, 6.45) is 0. The van der Waals surface area contributed by atoms with E-state index in [2.05, 4.69) is 174 Å². The van der Waals surface area contributed by atoms with Crippen LogP contribution in [0.5, 0.6) is 0 Å². The molecule has 10 rings (SSSR count). The van der Waals surface area contributed by atoms with Gasteiger partial charge in [-0.15, -0.1) is 0 Å². The molecule has 46 heavy (non-hydrogen) atoms. The minimum Gasteiger partial charge on any atom is -0.291 e. The molecule has 1 aliphatic carbocycles. The third kappa shape index (κ3) is 3.28. The molecule has 0 spiro atoms. The molecule has 0 atom stereocenters. The summed E-state index contributed by atoms with van der Waals surface area (Å²) in [4.78, 5) is 5.42. The first-order chi connectivity index (χ1) is 22.8. The van der Waals surface area contributed by atoms with Crippen LogP contribution in [-0.2, 0) is 5.41 Å². The van der Waals surface area contributed by atoms with E-state index in [-0.39, 0.29) is 0 Å². The van der Waals surface area contributed by atoms with Crippen molar-refractivity contribution >= 4 is 11.0 Å². The minimum atomic E-state index is -0.466. The molecule has 0 saturated carbocycles. The molecule has 2 heterocycles. The van der Waals surface area contributed by atoms with Crippen molar-refractivity contribution < 1.29 is 0 Å². The molecule has 214 valence electrons. The molecule has 2 heteroatoms. The van der Waals surface area contributed by atoms with Gasteiger partial charge in [0.2, 0.25) is 0 Å². The number of aromatic nitrogens is 2. The van der Waals surface area contributed by atoms with Crippen molar-refractivity contribution in [3.63, 3.8) is 0 Å². The number of hydrogen-bond donors (Lipinski definition) is 0. The highest BCUT2D eigenvalue weighted by molar-refractivity contribution is 6.10. The van der Waals surface area contributed by atoms with Gasteiger partial charge in [-0.3, -0.25) is 4.57 Å². The van der Waals surface area contributed by atoms with Crippen LogP contribution >= 0.6 is 0 Å². The standard InChI is InChI=1S/C44H28N2/c1-4-14-29(15-5-1)30-16-12-17-31(28-30)43-45-38-27-26-37-41-40-35(34-22-10-11-25-39(34)46(43)42(38)41)23-13-24-36(40)44(37,32-18-6-2-7-19-32)33-20-8-3-9-21-33/h1-28H. The van der Waals surface area contributed by atoms with Crippen molar-refractivity contribution in [2.24, 2.45) is 0 Å². The second-order valence-electron chi connectivity index (χ2n) is 12.3. The summed E-state index contributed by atoms with van der Waals surface area (Å²) in [5.41, 5.74) is 16.6. The summed E-state index contributed by atoms with van der Waals surface area (Å²) in [6.45, 7) is 0. The largest absolute Gasteiger partial charge is 0.291 e. The average molecular weight is 585 g/mol. The Morgan fingerprint density at radius 1 is 0.435 bits per heavy atom. The van der Waals surface area contributed by atoms with E-state index in [0.29, 0.717) is 0 Å². The fraction of sp³-hybridized carbons (Fsp3) is 0.0227. The van der Waals surface area contributed by atoms with Crippen LogP contribution in [0, 0.1) is 0 Å². The van der Waals surface area contributed by atoms with E-state index >= 15 is 0 Å². The van der Waals surface area contributed by atoms with Gasteiger partial charge in [0.15, 0.2) is 0 Å². The number of fused-ring (bicyclic) bond motifs is 3. The van der Waals surface area contributed by atoms with Gasteiger partial charge in [0, 0.05) is 16.7 Å². The lowest BCUT2D eigenvalue weighted by molar-refractivity contribution is 0.769. The Kier molecular flexibility index (Phi) is 5.24. The van der Waals surface area contributed by atoms with E-state index in [4.69, 9.17) is 4.98 Å². The van der Waals surface area contributed by atoms with Crippen molar-refractivity contribution in [1.29, 1.82) is 0 Å². The number of imidazole rings is 1. The van der Waals surface area contributed by atoms with Crippen LogP contribution in [0.15, 0.2) is 170 Å². The minimum absolute atomic E-state index is 0.466. The third-order valence-electron chi connectivity index (χ3n) is 10.0. The number of nitrogens with zero attached hydrogens (tertiary/aromatic N) is 2. The van der Waals surface area contributed by atoms with Crippen molar-refractivity contribution in [2.45, 2.75) is 5.41 Å². The van der Waals surface area contributed by atoms with Gasteiger partial charge >= 0.3 is 0 Å². The van der Waals surface area contributed by atoms with Gasteiger partial charge in [-0.05, 0) is 62.7 Å². The second kappa shape index (κ2) is 9.50. The first-order valence-corrected chi connectivity index (χ1v) is 15.9. The highest BCUT2D eigenvalue weighted by atomic mass is 15.1. The lowest BCUT2D eigenvalue weighted by Crippen LogP contribution is -2.28. The zero-order chi connectivity index (χ0) is 30.2. The SMILES string of the molecule is c1ccc(-c2cccc(-c3nc4ccc5c6c4n3-c3ccccc3-c3cccc(c3-6)C5(c3ccccc3)c3ccccc3)c2)cc1. The van der Waals surface area contributed by atoms with E-state index in [1.165, 1.54) is 61.2 Å². The molecule has 1 aliphatic heterocycles. The lowest BCUT2D eigenvalue weighted by Gasteiger charge is -2.34. The Hall–Kier alpha value is -5.99. The molecular weight excluding hydrogens is 556 g/mol. The highest BCUT2D eigenvalue weighted by Gasteiger charge is 2.49. The van der Waals surface area contributed by atoms with Crippen molar-refractivity contribution in [2.75, 3.05) is 0 Å². The summed E-state index contributed by atoms with van der Waals surface area (Å²) in [7, 11) is 0. The average Bonchev–Trinajstić information content (AvgIpc) is 3.63. The maximum absolute atomic E-state index is 5.42. The fourth-order valence-electron chi connectivity index (χ4n) is 8.19. The van der Waals surface area contributed by atoms with E-state index in [1.54, 1.807) is 0 Å². The summed E-state index contributed by atoms with van der Waals surface area (Å²) in [5.74, 6) is 0.958. The van der Waals surface area contributed by atoms with E-state index in [0.717, 1.165) is 22.6 Å². The molecule has 2 nitrogen and oxygen atoms in total. The fourth-order valence-corrected chi connectivity index (χ4v) is 8.19. The van der Waals surface area contributed by atoms with Gasteiger partial charge in [0.25, 0.3) is 0 Å². The Morgan fingerprint density at radius 3 is 1.78 bits per heavy atom. The number of hydrogen-bond acceptors (Lipinski definition) is 1. The maximum atomic E-state index is 5.42. The van der Waals surface area contributed by atoms with Gasteiger partial charge in [-0.2, -0.15) is 0 Å².